The molecule has 1 heterocycles. The van der Waals surface area contributed by atoms with E-state index in [0.717, 1.165) is 32.2 Å². The van der Waals surface area contributed by atoms with Crippen molar-refractivity contribution in [2.75, 3.05) is 13.2 Å². The van der Waals surface area contributed by atoms with Crippen molar-refractivity contribution in [3.63, 3.8) is 0 Å². The fourth-order valence-electron chi connectivity index (χ4n) is 2.58. The molecule has 123 valence electrons. The first-order valence-electron chi connectivity index (χ1n) is 8.83. The van der Waals surface area contributed by atoms with Crippen LogP contribution >= 0.6 is 0 Å². The maximum Gasteiger partial charge on any atom is 0.509 e. The van der Waals surface area contributed by atoms with E-state index < -0.39 is 6.16 Å². The Hall–Kier alpha value is -0.770. The first kappa shape index (κ1) is 18.3. The molecule has 0 aliphatic carbocycles. The number of unbranched alkanes of at least 4 members (excludes halogenated alkanes) is 9. The van der Waals surface area contributed by atoms with Crippen molar-refractivity contribution in [2.24, 2.45) is 0 Å². The maximum absolute atomic E-state index is 11.4. The monoisotopic (exact) mass is 298 g/mol. The third-order valence-corrected chi connectivity index (χ3v) is 3.89. The third kappa shape index (κ3) is 10.6. The Morgan fingerprint density at radius 3 is 2.19 bits per heavy atom. The Labute approximate surface area is 130 Å². The van der Waals surface area contributed by atoms with Gasteiger partial charge in [-0.15, -0.1) is 0 Å². The smallest absolute Gasteiger partial charge is 0.434 e. The van der Waals surface area contributed by atoms with E-state index in [1.54, 1.807) is 0 Å². The molecule has 1 rings (SSSR count). The van der Waals surface area contributed by atoms with Gasteiger partial charge < -0.3 is 9.47 Å². The quantitative estimate of drug-likeness (QED) is 0.384. The molecular weight excluding hydrogens is 266 g/mol. The van der Waals surface area contributed by atoms with E-state index in [-0.39, 0.29) is 6.23 Å². The van der Waals surface area contributed by atoms with E-state index in [0.29, 0.717) is 6.61 Å². The molecule has 0 aromatic heterocycles. The van der Waals surface area contributed by atoms with Crippen LogP contribution in [0.25, 0.3) is 0 Å². The number of nitrogens with zero attached hydrogens (tertiary/aromatic N) is 1. The summed E-state index contributed by atoms with van der Waals surface area (Å²) >= 11 is 0. The number of ether oxygens (including phenoxy) is 2. The minimum absolute atomic E-state index is 0.259. The molecule has 21 heavy (non-hydrogen) atoms. The lowest BCUT2D eigenvalue weighted by atomic mass is 10.1. The second-order valence-corrected chi connectivity index (χ2v) is 5.90. The van der Waals surface area contributed by atoms with Crippen LogP contribution in [0.3, 0.4) is 0 Å². The SMILES string of the molecule is CCCCCCCCCCCCOC(=O)OC1CCC[N]1. The minimum Gasteiger partial charge on any atom is -0.434 e. The maximum atomic E-state index is 11.4. The standard InChI is InChI=1S/C17H32NO3/c1-2-3-4-5-6-7-8-9-10-11-15-20-17(19)21-16-13-12-14-18-16/h16H,2-15H2,1H3. The molecule has 1 unspecified atom stereocenters. The van der Waals surface area contributed by atoms with Crippen molar-refractivity contribution in [3.05, 3.63) is 0 Å². The van der Waals surface area contributed by atoms with Crippen LogP contribution in [-0.4, -0.2) is 25.5 Å². The lowest BCUT2D eigenvalue weighted by Crippen LogP contribution is -2.23. The zero-order valence-corrected chi connectivity index (χ0v) is 13.6. The first-order valence-corrected chi connectivity index (χ1v) is 8.83. The third-order valence-electron chi connectivity index (χ3n) is 3.89. The van der Waals surface area contributed by atoms with Gasteiger partial charge in [-0.3, -0.25) is 0 Å². The molecule has 0 spiro atoms. The summed E-state index contributed by atoms with van der Waals surface area (Å²) in [7, 11) is 0. The van der Waals surface area contributed by atoms with Crippen LogP contribution in [0.4, 0.5) is 4.79 Å². The highest BCUT2D eigenvalue weighted by molar-refractivity contribution is 5.60. The van der Waals surface area contributed by atoms with Gasteiger partial charge in [0.25, 0.3) is 0 Å². The molecular formula is C17H32NO3. The molecule has 1 aliphatic heterocycles. The van der Waals surface area contributed by atoms with Crippen molar-refractivity contribution in [1.29, 1.82) is 0 Å². The lowest BCUT2D eigenvalue weighted by Gasteiger charge is -2.10. The van der Waals surface area contributed by atoms with Gasteiger partial charge in [-0.1, -0.05) is 64.7 Å². The van der Waals surface area contributed by atoms with Crippen LogP contribution in [0.1, 0.15) is 84.0 Å². The lowest BCUT2D eigenvalue weighted by molar-refractivity contribution is 0.0168. The Bertz CT molecular complexity index is 252. The van der Waals surface area contributed by atoms with Gasteiger partial charge >= 0.3 is 6.16 Å². The molecule has 0 saturated carbocycles. The summed E-state index contributed by atoms with van der Waals surface area (Å²) in [6, 6.07) is 0. The molecule has 4 heteroatoms. The van der Waals surface area contributed by atoms with Gasteiger partial charge in [0.1, 0.15) is 0 Å². The van der Waals surface area contributed by atoms with Crippen LogP contribution in [0, 0.1) is 0 Å². The molecule has 4 nitrogen and oxygen atoms in total. The fraction of sp³-hybridized carbons (Fsp3) is 0.941. The molecule has 1 saturated heterocycles. The predicted molar refractivity (Wildman–Crippen MR) is 84.3 cm³/mol. The normalized spacial score (nSPS) is 17.9. The number of hydrogen-bond donors (Lipinski definition) is 0. The molecule has 1 atom stereocenters. The fourth-order valence-corrected chi connectivity index (χ4v) is 2.58. The van der Waals surface area contributed by atoms with Gasteiger partial charge in [-0.2, -0.15) is 0 Å². The highest BCUT2D eigenvalue weighted by Crippen LogP contribution is 2.11. The van der Waals surface area contributed by atoms with Crippen LogP contribution in [0.15, 0.2) is 0 Å². The number of hydrogen-bond acceptors (Lipinski definition) is 3. The molecule has 1 fully saturated rings. The second kappa shape index (κ2) is 12.9. The molecule has 0 aromatic carbocycles. The minimum atomic E-state index is -0.554. The van der Waals surface area contributed by atoms with E-state index in [9.17, 15) is 4.79 Å². The first-order chi connectivity index (χ1) is 10.3. The summed E-state index contributed by atoms with van der Waals surface area (Å²) in [6.45, 7) is 3.53. The van der Waals surface area contributed by atoms with Crippen LogP contribution < -0.4 is 5.32 Å². The zero-order valence-electron chi connectivity index (χ0n) is 13.6. The molecule has 0 aromatic rings. The van der Waals surface area contributed by atoms with Crippen molar-refractivity contribution in [3.8, 4) is 0 Å². The van der Waals surface area contributed by atoms with Gasteiger partial charge in [0.05, 0.1) is 6.61 Å². The number of rotatable bonds is 12. The average molecular weight is 298 g/mol. The summed E-state index contributed by atoms with van der Waals surface area (Å²) in [6.07, 6.45) is 13.8. The van der Waals surface area contributed by atoms with E-state index in [1.807, 2.05) is 0 Å². The van der Waals surface area contributed by atoms with Gasteiger partial charge in [0, 0.05) is 13.0 Å². The Morgan fingerprint density at radius 2 is 1.62 bits per heavy atom. The predicted octanol–water partition coefficient (Wildman–Crippen LogP) is 4.78. The number of carbonyl (C=O) groups is 1. The van der Waals surface area contributed by atoms with E-state index in [4.69, 9.17) is 9.47 Å². The average Bonchev–Trinajstić information content (AvgIpc) is 2.97. The van der Waals surface area contributed by atoms with Crippen molar-refractivity contribution in [1.82, 2.24) is 5.32 Å². The van der Waals surface area contributed by atoms with Gasteiger partial charge in [0.15, 0.2) is 6.23 Å². The molecule has 0 amide bonds. The Morgan fingerprint density at radius 1 is 1.00 bits per heavy atom. The molecule has 1 radical (unpaired) electrons. The van der Waals surface area contributed by atoms with Crippen molar-refractivity contribution < 1.29 is 14.3 Å². The molecule has 0 bridgehead atoms. The summed E-state index contributed by atoms with van der Waals surface area (Å²) in [5.41, 5.74) is 0. The van der Waals surface area contributed by atoms with E-state index in [2.05, 4.69) is 12.2 Å². The van der Waals surface area contributed by atoms with Gasteiger partial charge in [-0.05, 0) is 12.8 Å². The van der Waals surface area contributed by atoms with Crippen LogP contribution in [0.2, 0.25) is 0 Å². The zero-order chi connectivity index (χ0) is 15.2. The van der Waals surface area contributed by atoms with Crippen LogP contribution in [-0.2, 0) is 9.47 Å². The molecule has 1 aliphatic rings. The summed E-state index contributed by atoms with van der Waals surface area (Å²) in [5, 5.41) is 4.16. The Balaban J connectivity index is 1.76. The van der Waals surface area contributed by atoms with E-state index in [1.165, 1.54) is 51.4 Å². The summed E-state index contributed by atoms with van der Waals surface area (Å²) < 4.78 is 10.1. The number of carbonyl (C=O) groups excluding carboxylic acids is 1. The second-order valence-electron chi connectivity index (χ2n) is 5.90. The summed E-state index contributed by atoms with van der Waals surface area (Å²) in [4.78, 5) is 11.4. The van der Waals surface area contributed by atoms with Gasteiger partial charge in [0.2, 0.25) is 0 Å². The highest BCUT2D eigenvalue weighted by atomic mass is 16.7. The topological polar surface area (TPSA) is 49.6 Å². The van der Waals surface area contributed by atoms with E-state index >= 15 is 0 Å². The highest BCUT2D eigenvalue weighted by Gasteiger charge is 2.20. The summed E-state index contributed by atoms with van der Waals surface area (Å²) in [5.74, 6) is 0. The van der Waals surface area contributed by atoms with Crippen molar-refractivity contribution in [2.45, 2.75) is 90.2 Å². The van der Waals surface area contributed by atoms with Crippen LogP contribution in [0.5, 0.6) is 0 Å². The molecule has 0 N–H and O–H groups in total. The Kier molecular flexibility index (Phi) is 11.3. The van der Waals surface area contributed by atoms with Crippen molar-refractivity contribution >= 4 is 6.16 Å². The largest absolute Gasteiger partial charge is 0.509 e. The van der Waals surface area contributed by atoms with Gasteiger partial charge in [-0.25, -0.2) is 10.1 Å².